The Labute approximate surface area is 115 Å². The second kappa shape index (κ2) is 5.08. The van der Waals surface area contributed by atoms with Gasteiger partial charge in [-0.1, -0.05) is 23.9 Å². The monoisotopic (exact) mass is 297 g/mol. The average Bonchev–Trinajstić information content (AvgIpc) is 2.99. The van der Waals surface area contributed by atoms with Crippen LogP contribution in [-0.2, 0) is 5.75 Å². The maximum Gasteiger partial charge on any atom is 0.341 e. The molecule has 0 radical (unpaired) electrons. The summed E-state index contributed by atoms with van der Waals surface area (Å²) in [6, 6.07) is 6.70. The third-order valence-corrected chi connectivity index (χ3v) is 3.55. The van der Waals surface area contributed by atoms with Crippen LogP contribution in [0.3, 0.4) is 0 Å². The molecule has 20 heavy (non-hydrogen) atoms. The van der Waals surface area contributed by atoms with Gasteiger partial charge in [-0.15, -0.1) is 5.10 Å². The van der Waals surface area contributed by atoms with Gasteiger partial charge in [0.1, 0.15) is 5.82 Å². The average molecular weight is 297 g/mol. The number of nitrogens with zero attached hydrogens (tertiary/aromatic N) is 3. The molecule has 0 spiro atoms. The van der Waals surface area contributed by atoms with E-state index in [-0.39, 0.29) is 11.6 Å². The number of alkyl halides is 2. The van der Waals surface area contributed by atoms with Gasteiger partial charge in [0.05, 0.1) is 16.8 Å². The second-order valence-corrected chi connectivity index (χ2v) is 4.90. The van der Waals surface area contributed by atoms with Gasteiger partial charge in [0.15, 0.2) is 5.16 Å². The number of halogens is 2. The molecule has 1 aromatic carbocycles. The molecule has 104 valence electrons. The SMILES string of the molecule is O=c1[nH]nc(SCc2nc3ccccc3n2C(F)F)[nH]1. The lowest BCUT2D eigenvalue weighted by Gasteiger charge is -2.06. The fourth-order valence-corrected chi connectivity index (χ4v) is 2.61. The van der Waals surface area contributed by atoms with Gasteiger partial charge in [-0.05, 0) is 12.1 Å². The van der Waals surface area contributed by atoms with E-state index in [4.69, 9.17) is 0 Å². The van der Waals surface area contributed by atoms with E-state index in [2.05, 4.69) is 20.2 Å². The van der Waals surface area contributed by atoms with Crippen LogP contribution >= 0.6 is 11.8 Å². The molecule has 0 saturated heterocycles. The molecule has 0 aliphatic carbocycles. The van der Waals surface area contributed by atoms with Crippen LogP contribution in [0, 0.1) is 0 Å². The normalized spacial score (nSPS) is 11.6. The molecular weight excluding hydrogens is 288 g/mol. The molecule has 0 atom stereocenters. The second-order valence-electron chi connectivity index (χ2n) is 3.94. The van der Waals surface area contributed by atoms with Crippen LogP contribution in [0.1, 0.15) is 12.4 Å². The largest absolute Gasteiger partial charge is 0.341 e. The van der Waals surface area contributed by atoms with E-state index in [0.717, 1.165) is 16.3 Å². The molecule has 3 rings (SSSR count). The van der Waals surface area contributed by atoms with Crippen molar-refractivity contribution in [3.63, 3.8) is 0 Å². The fourth-order valence-electron chi connectivity index (χ4n) is 1.87. The lowest BCUT2D eigenvalue weighted by molar-refractivity contribution is 0.0722. The van der Waals surface area contributed by atoms with E-state index >= 15 is 0 Å². The molecule has 0 amide bonds. The molecule has 2 aromatic heterocycles. The van der Waals surface area contributed by atoms with Crippen LogP contribution in [0.15, 0.2) is 34.2 Å². The molecular formula is C11H9F2N5OS. The molecule has 2 heterocycles. The third-order valence-electron chi connectivity index (χ3n) is 2.68. The number of hydrogen-bond donors (Lipinski definition) is 2. The molecule has 0 bridgehead atoms. The van der Waals surface area contributed by atoms with Crippen molar-refractivity contribution in [1.82, 2.24) is 24.7 Å². The standard InChI is InChI=1S/C11H9F2N5OS/c12-9(13)18-7-4-2-1-3-6(7)14-8(18)5-20-11-15-10(19)16-17-11/h1-4,9H,5H2,(H2,15,16,17,19). The van der Waals surface area contributed by atoms with Crippen molar-refractivity contribution in [3.05, 3.63) is 40.6 Å². The zero-order valence-corrected chi connectivity index (χ0v) is 10.8. The maximum atomic E-state index is 13.2. The number of aromatic nitrogens is 5. The highest BCUT2D eigenvalue weighted by molar-refractivity contribution is 7.98. The zero-order valence-electron chi connectivity index (χ0n) is 10.0. The summed E-state index contributed by atoms with van der Waals surface area (Å²) in [6.07, 6.45) is 0. The molecule has 0 aliphatic heterocycles. The van der Waals surface area contributed by atoms with Crippen LogP contribution < -0.4 is 5.69 Å². The fraction of sp³-hybridized carbons (Fsp3) is 0.182. The number of hydrogen-bond acceptors (Lipinski definition) is 4. The first-order valence-electron chi connectivity index (χ1n) is 5.66. The number of imidazole rings is 1. The number of para-hydroxylation sites is 2. The molecule has 2 N–H and O–H groups in total. The highest BCUT2D eigenvalue weighted by Crippen LogP contribution is 2.26. The number of aromatic amines is 2. The predicted octanol–water partition coefficient (Wildman–Crippen LogP) is 2.14. The van der Waals surface area contributed by atoms with Crippen LogP contribution in [0.25, 0.3) is 11.0 Å². The molecule has 0 saturated carbocycles. The Morgan fingerprint density at radius 3 is 2.85 bits per heavy atom. The van der Waals surface area contributed by atoms with Gasteiger partial charge in [-0.25, -0.2) is 14.9 Å². The van der Waals surface area contributed by atoms with Crippen molar-refractivity contribution < 1.29 is 8.78 Å². The summed E-state index contributed by atoms with van der Waals surface area (Å²) < 4.78 is 27.2. The summed E-state index contributed by atoms with van der Waals surface area (Å²) in [5.41, 5.74) is 0.461. The van der Waals surface area contributed by atoms with Gasteiger partial charge < -0.3 is 0 Å². The first kappa shape index (κ1) is 12.9. The summed E-state index contributed by atoms with van der Waals surface area (Å²) in [6.45, 7) is -2.67. The maximum absolute atomic E-state index is 13.2. The topological polar surface area (TPSA) is 79.4 Å². The number of benzene rings is 1. The number of H-pyrrole nitrogens is 2. The number of rotatable bonds is 4. The van der Waals surface area contributed by atoms with Crippen LogP contribution in [0.5, 0.6) is 0 Å². The molecule has 9 heteroatoms. The summed E-state index contributed by atoms with van der Waals surface area (Å²) in [4.78, 5) is 17.5. The van der Waals surface area contributed by atoms with Crippen LogP contribution in [0.2, 0.25) is 0 Å². The van der Waals surface area contributed by atoms with Crippen molar-refractivity contribution >= 4 is 22.8 Å². The Kier molecular flexibility index (Phi) is 3.26. The lowest BCUT2D eigenvalue weighted by Crippen LogP contribution is -2.03. The van der Waals surface area contributed by atoms with Crippen molar-refractivity contribution in [2.75, 3.05) is 0 Å². The van der Waals surface area contributed by atoms with E-state index in [0.29, 0.717) is 16.2 Å². The number of thioether (sulfide) groups is 1. The Morgan fingerprint density at radius 2 is 2.15 bits per heavy atom. The predicted molar refractivity (Wildman–Crippen MR) is 69.8 cm³/mol. The van der Waals surface area contributed by atoms with Crippen LogP contribution in [0.4, 0.5) is 8.78 Å². The minimum absolute atomic E-state index is 0.180. The Bertz CT molecular complexity index is 793. The van der Waals surface area contributed by atoms with Gasteiger partial charge in [-0.2, -0.15) is 8.78 Å². The third kappa shape index (κ3) is 2.31. The van der Waals surface area contributed by atoms with Crippen molar-refractivity contribution in [2.24, 2.45) is 0 Å². The van der Waals surface area contributed by atoms with Gasteiger partial charge in [-0.3, -0.25) is 9.55 Å². The van der Waals surface area contributed by atoms with Crippen molar-refractivity contribution in [3.8, 4) is 0 Å². The Balaban J connectivity index is 1.94. The zero-order chi connectivity index (χ0) is 14.1. The lowest BCUT2D eigenvalue weighted by atomic mass is 10.3. The molecule has 6 nitrogen and oxygen atoms in total. The van der Waals surface area contributed by atoms with Crippen LogP contribution in [-0.4, -0.2) is 24.7 Å². The van der Waals surface area contributed by atoms with Gasteiger partial charge in [0.25, 0.3) is 0 Å². The van der Waals surface area contributed by atoms with E-state index in [1.165, 1.54) is 0 Å². The molecule has 0 unspecified atom stereocenters. The van der Waals surface area contributed by atoms with Gasteiger partial charge >= 0.3 is 12.2 Å². The first-order valence-corrected chi connectivity index (χ1v) is 6.65. The number of nitrogens with one attached hydrogen (secondary N) is 2. The molecule has 0 fully saturated rings. The minimum Gasteiger partial charge on any atom is -0.284 e. The van der Waals surface area contributed by atoms with Gasteiger partial charge in [0.2, 0.25) is 0 Å². The highest BCUT2D eigenvalue weighted by Gasteiger charge is 2.17. The summed E-state index contributed by atoms with van der Waals surface area (Å²) in [5.74, 6) is 0.412. The molecule has 3 aromatic rings. The summed E-state index contributed by atoms with van der Waals surface area (Å²) in [5, 5.41) is 6.25. The Morgan fingerprint density at radius 1 is 1.35 bits per heavy atom. The van der Waals surface area contributed by atoms with Gasteiger partial charge in [0, 0.05) is 0 Å². The highest BCUT2D eigenvalue weighted by atomic mass is 32.2. The van der Waals surface area contributed by atoms with E-state index < -0.39 is 12.2 Å². The smallest absolute Gasteiger partial charge is 0.284 e. The van der Waals surface area contributed by atoms with Crippen molar-refractivity contribution in [1.29, 1.82) is 0 Å². The minimum atomic E-state index is -2.67. The van der Waals surface area contributed by atoms with E-state index in [1.54, 1.807) is 24.3 Å². The van der Waals surface area contributed by atoms with E-state index in [9.17, 15) is 13.6 Å². The quantitative estimate of drug-likeness (QED) is 0.723. The summed E-state index contributed by atoms with van der Waals surface area (Å²) in [7, 11) is 0. The first-order chi connectivity index (χ1) is 9.65. The Hall–Kier alpha value is -2.16. The van der Waals surface area contributed by atoms with Crippen molar-refractivity contribution in [2.45, 2.75) is 17.5 Å². The molecule has 0 aliphatic rings. The summed E-state index contributed by atoms with van der Waals surface area (Å²) >= 11 is 1.13. The van der Waals surface area contributed by atoms with E-state index in [1.807, 2.05) is 0 Å². The number of fused-ring (bicyclic) bond motifs is 1.